The zero-order chi connectivity index (χ0) is 13.4. The lowest BCUT2D eigenvalue weighted by atomic mass is 10.1. The van der Waals surface area contributed by atoms with Crippen LogP contribution in [0.3, 0.4) is 0 Å². The van der Waals surface area contributed by atoms with Crippen molar-refractivity contribution < 1.29 is 4.74 Å². The van der Waals surface area contributed by atoms with Gasteiger partial charge in [0.05, 0.1) is 17.7 Å². The van der Waals surface area contributed by atoms with Crippen LogP contribution in [0.4, 0.5) is 11.4 Å². The molecule has 0 bridgehead atoms. The molecule has 1 fully saturated rings. The molecule has 4 nitrogen and oxygen atoms in total. The summed E-state index contributed by atoms with van der Waals surface area (Å²) in [7, 11) is 2.13. The van der Waals surface area contributed by atoms with E-state index in [1.807, 2.05) is 24.4 Å². The second-order valence-corrected chi connectivity index (χ2v) is 5.15. The fourth-order valence-electron chi connectivity index (χ4n) is 2.87. The van der Waals surface area contributed by atoms with Crippen LogP contribution in [0.2, 0.25) is 0 Å². The number of nitrogens with two attached hydrogens (primary N) is 1. The molecule has 19 heavy (non-hydrogen) atoms. The monoisotopic (exact) mass is 257 g/mol. The highest BCUT2D eigenvalue weighted by Gasteiger charge is 2.28. The van der Waals surface area contributed by atoms with E-state index in [4.69, 9.17) is 10.5 Å². The molecule has 0 saturated carbocycles. The van der Waals surface area contributed by atoms with Gasteiger partial charge >= 0.3 is 0 Å². The predicted octanol–water partition coefficient (Wildman–Crippen LogP) is 2.43. The Balaban J connectivity index is 2.04. The average molecular weight is 257 g/mol. The molecule has 2 atom stereocenters. The van der Waals surface area contributed by atoms with Gasteiger partial charge in [-0.3, -0.25) is 4.98 Å². The summed E-state index contributed by atoms with van der Waals surface area (Å²) in [4.78, 5) is 6.70. The fourth-order valence-corrected chi connectivity index (χ4v) is 2.87. The van der Waals surface area contributed by atoms with Crippen LogP contribution in [0.25, 0.3) is 10.9 Å². The number of aromatic nitrogens is 1. The van der Waals surface area contributed by atoms with Crippen molar-refractivity contribution in [2.45, 2.75) is 25.5 Å². The second kappa shape index (κ2) is 4.70. The third kappa shape index (κ3) is 2.12. The van der Waals surface area contributed by atoms with Gasteiger partial charge in [0.2, 0.25) is 0 Å². The zero-order valence-electron chi connectivity index (χ0n) is 11.3. The summed E-state index contributed by atoms with van der Waals surface area (Å²) in [5.74, 6) is 0. The Labute approximate surface area is 113 Å². The van der Waals surface area contributed by atoms with Crippen LogP contribution in [0.5, 0.6) is 0 Å². The van der Waals surface area contributed by atoms with Crippen molar-refractivity contribution in [3.8, 4) is 0 Å². The summed E-state index contributed by atoms with van der Waals surface area (Å²) in [5, 5.41) is 1.14. The number of likely N-dealkylation sites (N-methyl/N-ethyl adjacent to an activating group) is 1. The van der Waals surface area contributed by atoms with Gasteiger partial charge in [-0.1, -0.05) is 0 Å². The Morgan fingerprint density at radius 3 is 2.95 bits per heavy atom. The lowest BCUT2D eigenvalue weighted by Gasteiger charge is -2.29. The zero-order valence-corrected chi connectivity index (χ0v) is 11.3. The maximum Gasteiger partial charge on any atom is 0.0750 e. The maximum atomic E-state index is 5.82. The molecule has 3 rings (SSSR count). The Morgan fingerprint density at radius 1 is 1.37 bits per heavy atom. The van der Waals surface area contributed by atoms with Crippen LogP contribution in [-0.2, 0) is 4.74 Å². The number of nitrogens with zero attached hydrogens (tertiary/aromatic N) is 2. The maximum absolute atomic E-state index is 5.82. The molecule has 2 heterocycles. The van der Waals surface area contributed by atoms with E-state index in [0.717, 1.165) is 29.6 Å². The SMILES string of the molecule is CC1OCCC1N(C)c1ccnc2cc(N)ccc12. The summed E-state index contributed by atoms with van der Waals surface area (Å²) in [6.45, 7) is 2.97. The Morgan fingerprint density at radius 2 is 2.21 bits per heavy atom. The molecule has 100 valence electrons. The molecule has 1 aromatic heterocycles. The van der Waals surface area contributed by atoms with Crippen molar-refractivity contribution in [3.05, 3.63) is 30.5 Å². The lowest BCUT2D eigenvalue weighted by Crippen LogP contribution is -2.36. The van der Waals surface area contributed by atoms with Gasteiger partial charge in [0, 0.05) is 36.6 Å². The van der Waals surface area contributed by atoms with Gasteiger partial charge in [0.1, 0.15) is 0 Å². The number of rotatable bonds is 2. The topological polar surface area (TPSA) is 51.4 Å². The van der Waals surface area contributed by atoms with Crippen LogP contribution in [0.1, 0.15) is 13.3 Å². The van der Waals surface area contributed by atoms with Crippen LogP contribution in [0.15, 0.2) is 30.5 Å². The molecule has 0 amide bonds. The third-order valence-corrected chi connectivity index (χ3v) is 3.96. The van der Waals surface area contributed by atoms with Crippen LogP contribution in [-0.4, -0.2) is 30.8 Å². The largest absolute Gasteiger partial charge is 0.399 e. The highest BCUT2D eigenvalue weighted by Crippen LogP contribution is 2.30. The standard InChI is InChI=1S/C15H19N3O/c1-10-14(6-8-19-10)18(2)15-5-7-17-13-9-11(16)3-4-12(13)15/h3-5,7,9-10,14H,6,8,16H2,1-2H3. The van der Waals surface area contributed by atoms with E-state index in [-0.39, 0.29) is 6.10 Å². The molecule has 1 saturated heterocycles. The first-order chi connectivity index (χ1) is 9.16. The molecule has 4 heteroatoms. The minimum Gasteiger partial charge on any atom is -0.399 e. The lowest BCUT2D eigenvalue weighted by molar-refractivity contribution is 0.118. The van der Waals surface area contributed by atoms with Crippen molar-refractivity contribution in [1.29, 1.82) is 0 Å². The third-order valence-electron chi connectivity index (χ3n) is 3.96. The first-order valence-corrected chi connectivity index (χ1v) is 6.65. The minimum absolute atomic E-state index is 0.266. The number of ether oxygens (including phenoxy) is 1. The number of hydrogen-bond donors (Lipinski definition) is 1. The van der Waals surface area contributed by atoms with Crippen LogP contribution < -0.4 is 10.6 Å². The van der Waals surface area contributed by atoms with Crippen molar-refractivity contribution >= 4 is 22.3 Å². The Hall–Kier alpha value is -1.81. The number of anilines is 2. The van der Waals surface area contributed by atoms with Crippen LogP contribution in [0, 0.1) is 0 Å². The van der Waals surface area contributed by atoms with Gasteiger partial charge in [-0.05, 0) is 37.6 Å². The van der Waals surface area contributed by atoms with Gasteiger partial charge in [0.15, 0.2) is 0 Å². The molecule has 0 aliphatic carbocycles. The van der Waals surface area contributed by atoms with Crippen molar-refractivity contribution in [2.24, 2.45) is 0 Å². The van der Waals surface area contributed by atoms with E-state index in [0.29, 0.717) is 6.04 Å². The normalized spacial score (nSPS) is 22.8. The van der Waals surface area contributed by atoms with E-state index < -0.39 is 0 Å². The molecule has 1 aliphatic heterocycles. The van der Waals surface area contributed by atoms with E-state index in [1.54, 1.807) is 0 Å². The number of benzene rings is 1. The fraction of sp³-hybridized carbons (Fsp3) is 0.400. The molecule has 1 aromatic carbocycles. The Bertz CT molecular complexity index is 599. The van der Waals surface area contributed by atoms with Gasteiger partial charge in [-0.15, -0.1) is 0 Å². The summed E-state index contributed by atoms with van der Waals surface area (Å²) in [6, 6.07) is 8.37. The van der Waals surface area contributed by atoms with Gasteiger partial charge in [-0.25, -0.2) is 0 Å². The smallest absolute Gasteiger partial charge is 0.0750 e. The number of fused-ring (bicyclic) bond motifs is 1. The van der Waals surface area contributed by atoms with Crippen molar-refractivity contribution in [1.82, 2.24) is 4.98 Å². The molecular weight excluding hydrogens is 238 g/mol. The molecular formula is C15H19N3O. The van der Waals surface area contributed by atoms with Crippen LogP contribution >= 0.6 is 0 Å². The molecule has 2 N–H and O–H groups in total. The van der Waals surface area contributed by atoms with Gasteiger partial charge in [-0.2, -0.15) is 0 Å². The van der Waals surface area contributed by atoms with Gasteiger partial charge < -0.3 is 15.4 Å². The highest BCUT2D eigenvalue weighted by atomic mass is 16.5. The summed E-state index contributed by atoms with van der Waals surface area (Å²) in [6.07, 6.45) is 3.17. The number of nitrogen functional groups attached to an aromatic ring is 1. The number of hydrogen-bond acceptors (Lipinski definition) is 4. The van der Waals surface area contributed by atoms with Gasteiger partial charge in [0.25, 0.3) is 0 Å². The van der Waals surface area contributed by atoms with Crippen molar-refractivity contribution in [3.63, 3.8) is 0 Å². The summed E-state index contributed by atoms with van der Waals surface area (Å²) < 4.78 is 5.66. The van der Waals surface area contributed by atoms with E-state index in [9.17, 15) is 0 Å². The predicted molar refractivity (Wildman–Crippen MR) is 78.4 cm³/mol. The molecule has 0 spiro atoms. The minimum atomic E-state index is 0.266. The van der Waals surface area contributed by atoms with E-state index in [1.165, 1.54) is 5.69 Å². The molecule has 2 unspecified atom stereocenters. The van der Waals surface area contributed by atoms with E-state index >= 15 is 0 Å². The number of pyridine rings is 1. The Kier molecular flexibility index (Phi) is 3.03. The highest BCUT2D eigenvalue weighted by molar-refractivity contribution is 5.93. The molecule has 1 aliphatic rings. The molecule has 0 radical (unpaired) electrons. The average Bonchev–Trinajstić information content (AvgIpc) is 2.83. The first-order valence-electron chi connectivity index (χ1n) is 6.65. The quantitative estimate of drug-likeness (QED) is 0.839. The summed E-state index contributed by atoms with van der Waals surface area (Å²) in [5.41, 5.74) is 8.70. The molecule has 2 aromatic rings. The first kappa shape index (κ1) is 12.2. The van der Waals surface area contributed by atoms with Crippen molar-refractivity contribution in [2.75, 3.05) is 24.3 Å². The summed E-state index contributed by atoms with van der Waals surface area (Å²) >= 11 is 0. The second-order valence-electron chi connectivity index (χ2n) is 5.15. The van der Waals surface area contributed by atoms with E-state index in [2.05, 4.69) is 29.9 Å².